The van der Waals surface area contributed by atoms with Gasteiger partial charge in [0.2, 0.25) is 5.89 Å². The van der Waals surface area contributed by atoms with Crippen molar-refractivity contribution in [2.75, 3.05) is 4.90 Å². The molecule has 0 amide bonds. The Hall–Kier alpha value is -3.91. The van der Waals surface area contributed by atoms with E-state index in [4.69, 9.17) is 14.4 Å². The number of hydrogen-bond acceptors (Lipinski definition) is 6. The molecule has 186 valence electrons. The number of oxazole rings is 1. The fourth-order valence-electron chi connectivity index (χ4n) is 4.93. The number of rotatable bonds is 3. The summed E-state index contributed by atoms with van der Waals surface area (Å²) in [6, 6.07) is 37.7. The van der Waals surface area contributed by atoms with Crippen molar-refractivity contribution in [1.82, 2.24) is 9.97 Å². The minimum atomic E-state index is 0.631. The lowest BCUT2D eigenvalue weighted by Gasteiger charge is -2.33. The molecule has 3 heterocycles. The Balaban J connectivity index is 1.27. The van der Waals surface area contributed by atoms with Crippen molar-refractivity contribution in [2.45, 2.75) is 9.79 Å². The Bertz CT molecular complexity index is 1960. The van der Waals surface area contributed by atoms with Gasteiger partial charge in [0.1, 0.15) is 10.5 Å². The van der Waals surface area contributed by atoms with Crippen molar-refractivity contribution < 1.29 is 4.42 Å². The molecule has 1 aliphatic heterocycles. The summed E-state index contributed by atoms with van der Waals surface area (Å²) < 4.78 is 8.33. The minimum Gasteiger partial charge on any atom is -0.436 e. The fraction of sp³-hybridized carbons (Fsp3) is 0. The lowest BCUT2D eigenvalue weighted by Crippen LogP contribution is -2.15. The molecule has 0 atom stereocenters. The number of fused-ring (bicyclic) bond motifs is 4. The van der Waals surface area contributed by atoms with Crippen LogP contribution in [0.1, 0.15) is 0 Å². The van der Waals surface area contributed by atoms with Crippen molar-refractivity contribution in [1.29, 1.82) is 0 Å². The predicted octanol–water partition coefficient (Wildman–Crippen LogP) is 10.5. The van der Waals surface area contributed by atoms with Crippen molar-refractivity contribution >= 4 is 77.4 Å². The SMILES string of the molecule is Brc1ccc(N2c3ccc(-c4nc5ccccc5o4)cc3Sc3ccc(-c4nc5ccccc5s4)cc32)cc1. The molecule has 0 radical (unpaired) electrons. The summed E-state index contributed by atoms with van der Waals surface area (Å²) in [5.41, 5.74) is 8.12. The number of benzene rings is 5. The number of anilines is 3. The molecular weight excluding hydrogens is 586 g/mol. The molecule has 1 aliphatic rings. The zero-order valence-electron chi connectivity index (χ0n) is 20.3. The zero-order valence-corrected chi connectivity index (χ0v) is 23.6. The van der Waals surface area contributed by atoms with Crippen LogP contribution in [0.2, 0.25) is 0 Å². The molecule has 0 saturated carbocycles. The third kappa shape index (κ3) is 3.97. The van der Waals surface area contributed by atoms with E-state index >= 15 is 0 Å². The van der Waals surface area contributed by atoms with E-state index in [2.05, 4.69) is 99.7 Å². The van der Waals surface area contributed by atoms with E-state index in [9.17, 15) is 0 Å². The Labute approximate surface area is 241 Å². The van der Waals surface area contributed by atoms with Gasteiger partial charge in [-0.1, -0.05) is 58.0 Å². The van der Waals surface area contributed by atoms with Crippen LogP contribution >= 0.6 is 39.0 Å². The van der Waals surface area contributed by atoms with Gasteiger partial charge in [-0.05, 0) is 78.9 Å². The second-order valence-electron chi connectivity index (χ2n) is 9.25. The summed E-state index contributed by atoms with van der Waals surface area (Å²) in [6.07, 6.45) is 0. The van der Waals surface area contributed by atoms with Crippen LogP contribution < -0.4 is 4.90 Å². The van der Waals surface area contributed by atoms with Crippen LogP contribution in [-0.4, -0.2) is 9.97 Å². The first-order chi connectivity index (χ1) is 19.2. The van der Waals surface area contributed by atoms with Crippen LogP contribution in [0.4, 0.5) is 17.1 Å². The normalized spacial score (nSPS) is 12.6. The lowest BCUT2D eigenvalue weighted by atomic mass is 10.1. The number of para-hydroxylation sites is 3. The van der Waals surface area contributed by atoms with Gasteiger partial charge in [0, 0.05) is 31.1 Å². The maximum Gasteiger partial charge on any atom is 0.227 e. The molecule has 0 aliphatic carbocycles. The highest BCUT2D eigenvalue weighted by atomic mass is 79.9. The number of halogens is 1. The first-order valence-electron chi connectivity index (χ1n) is 12.4. The van der Waals surface area contributed by atoms with Crippen molar-refractivity contribution in [3.8, 4) is 22.0 Å². The Morgan fingerprint density at radius 1 is 0.667 bits per heavy atom. The summed E-state index contributed by atoms with van der Waals surface area (Å²) in [5, 5.41) is 1.02. The quantitative estimate of drug-likeness (QED) is 0.201. The average Bonchev–Trinajstić information content (AvgIpc) is 3.61. The molecule has 7 heteroatoms. The predicted molar refractivity (Wildman–Crippen MR) is 165 cm³/mol. The molecule has 0 unspecified atom stereocenters. The van der Waals surface area contributed by atoms with Crippen LogP contribution in [-0.2, 0) is 0 Å². The summed E-state index contributed by atoms with van der Waals surface area (Å²) in [4.78, 5) is 14.3. The summed E-state index contributed by atoms with van der Waals surface area (Å²) in [6.45, 7) is 0. The van der Waals surface area contributed by atoms with Crippen LogP contribution in [0, 0.1) is 0 Å². The summed E-state index contributed by atoms with van der Waals surface area (Å²) >= 11 is 7.09. The van der Waals surface area contributed by atoms with Crippen molar-refractivity contribution in [2.24, 2.45) is 0 Å². The first kappa shape index (κ1) is 23.0. The maximum atomic E-state index is 6.08. The first-order valence-corrected chi connectivity index (χ1v) is 14.9. The molecule has 8 rings (SSSR count). The van der Waals surface area contributed by atoms with Crippen molar-refractivity contribution in [3.63, 3.8) is 0 Å². The van der Waals surface area contributed by atoms with Crippen LogP contribution in [0.5, 0.6) is 0 Å². The third-order valence-corrected chi connectivity index (χ3v) is 9.51. The van der Waals surface area contributed by atoms with E-state index in [1.165, 1.54) is 9.60 Å². The standard InChI is InChI=1S/C32H18BrN3OS2/c33-21-11-13-22(14-12-21)36-25-15-9-19(31-34-23-5-1-3-7-27(23)37-31)18-30(25)38-29-16-10-20(17-26(29)36)32-35-24-6-2-4-8-28(24)39-32/h1-18H. The fourth-order valence-corrected chi connectivity index (χ4v) is 7.24. The molecular formula is C32H18BrN3OS2. The molecule has 0 spiro atoms. The van der Waals surface area contributed by atoms with E-state index in [1.807, 2.05) is 30.3 Å². The molecule has 7 aromatic rings. The van der Waals surface area contributed by atoms with E-state index in [-0.39, 0.29) is 0 Å². The second kappa shape index (κ2) is 9.09. The van der Waals surface area contributed by atoms with Gasteiger partial charge in [0.15, 0.2) is 5.58 Å². The zero-order chi connectivity index (χ0) is 25.9. The monoisotopic (exact) mass is 603 g/mol. The van der Waals surface area contributed by atoms with Gasteiger partial charge in [0.25, 0.3) is 0 Å². The van der Waals surface area contributed by atoms with Gasteiger partial charge in [0.05, 0.1) is 21.6 Å². The topological polar surface area (TPSA) is 42.2 Å². The van der Waals surface area contributed by atoms with Gasteiger partial charge in [-0.3, -0.25) is 0 Å². The molecule has 2 aromatic heterocycles. The van der Waals surface area contributed by atoms with Gasteiger partial charge >= 0.3 is 0 Å². The molecule has 0 saturated heterocycles. The van der Waals surface area contributed by atoms with Gasteiger partial charge in [-0.25, -0.2) is 9.97 Å². The van der Waals surface area contributed by atoms with Gasteiger partial charge < -0.3 is 9.32 Å². The number of hydrogen-bond donors (Lipinski definition) is 0. The Morgan fingerprint density at radius 3 is 2.31 bits per heavy atom. The molecule has 5 aromatic carbocycles. The highest BCUT2D eigenvalue weighted by Gasteiger charge is 2.27. The van der Waals surface area contributed by atoms with E-state index < -0.39 is 0 Å². The Kier molecular flexibility index (Phi) is 5.36. The summed E-state index contributed by atoms with van der Waals surface area (Å²) in [5.74, 6) is 0.631. The molecule has 0 bridgehead atoms. The van der Waals surface area contributed by atoms with E-state index in [0.717, 1.165) is 59.2 Å². The van der Waals surface area contributed by atoms with Crippen LogP contribution in [0.15, 0.2) is 128 Å². The number of aromatic nitrogens is 2. The van der Waals surface area contributed by atoms with E-state index in [0.29, 0.717) is 5.89 Å². The highest BCUT2D eigenvalue weighted by Crippen LogP contribution is 2.53. The highest BCUT2D eigenvalue weighted by molar-refractivity contribution is 9.10. The minimum absolute atomic E-state index is 0.631. The molecule has 0 N–H and O–H groups in total. The largest absolute Gasteiger partial charge is 0.436 e. The van der Waals surface area contributed by atoms with Crippen LogP contribution in [0.3, 0.4) is 0 Å². The third-order valence-electron chi connectivity index (χ3n) is 6.79. The van der Waals surface area contributed by atoms with Crippen LogP contribution in [0.25, 0.3) is 43.3 Å². The second-order valence-corrected chi connectivity index (χ2v) is 12.3. The van der Waals surface area contributed by atoms with E-state index in [1.54, 1.807) is 23.1 Å². The van der Waals surface area contributed by atoms with Crippen molar-refractivity contribution in [3.05, 3.63) is 114 Å². The average molecular weight is 605 g/mol. The number of nitrogens with zero attached hydrogens (tertiary/aromatic N) is 3. The van der Waals surface area contributed by atoms with Gasteiger partial charge in [-0.15, -0.1) is 11.3 Å². The summed E-state index contributed by atoms with van der Waals surface area (Å²) in [7, 11) is 0. The molecule has 0 fully saturated rings. The molecule has 4 nitrogen and oxygen atoms in total. The maximum absolute atomic E-state index is 6.08. The molecule has 39 heavy (non-hydrogen) atoms. The smallest absolute Gasteiger partial charge is 0.227 e. The van der Waals surface area contributed by atoms with Gasteiger partial charge in [-0.2, -0.15) is 0 Å². The number of thiazole rings is 1. The Morgan fingerprint density at radius 2 is 1.46 bits per heavy atom. The lowest BCUT2D eigenvalue weighted by molar-refractivity contribution is 0.619.